The summed E-state index contributed by atoms with van der Waals surface area (Å²) >= 11 is 3.33. The molecule has 0 saturated carbocycles. The van der Waals surface area contributed by atoms with Gasteiger partial charge in [0.25, 0.3) is 5.91 Å². The molecule has 0 aliphatic carbocycles. The third-order valence-electron chi connectivity index (χ3n) is 3.24. The molecule has 2 heterocycles. The van der Waals surface area contributed by atoms with Gasteiger partial charge < -0.3 is 5.32 Å². The highest BCUT2D eigenvalue weighted by atomic mass is 79.9. The van der Waals surface area contributed by atoms with Crippen LogP contribution in [-0.4, -0.2) is 30.9 Å². The molecule has 1 N–H and O–H groups in total. The van der Waals surface area contributed by atoms with Gasteiger partial charge in [0.15, 0.2) is 0 Å². The molecule has 0 saturated heterocycles. The molecule has 0 bridgehead atoms. The summed E-state index contributed by atoms with van der Waals surface area (Å²) in [7, 11) is 0. The summed E-state index contributed by atoms with van der Waals surface area (Å²) in [6.45, 7) is 8.90. The maximum atomic E-state index is 12.4. The Hall–Kier alpha value is -1.83. The van der Waals surface area contributed by atoms with Crippen LogP contribution in [0.25, 0.3) is 0 Å². The van der Waals surface area contributed by atoms with Gasteiger partial charge in [-0.15, -0.1) is 5.10 Å². The molecule has 0 aromatic carbocycles. The Morgan fingerprint density at radius 2 is 2.18 bits per heavy atom. The van der Waals surface area contributed by atoms with Crippen LogP contribution < -0.4 is 5.32 Å². The first-order chi connectivity index (χ1) is 10.4. The number of hydrogen-bond donors (Lipinski definition) is 1. The number of hydrogen-bond acceptors (Lipinski definition) is 5. The molecule has 0 unspecified atom stereocenters. The van der Waals surface area contributed by atoms with Crippen LogP contribution >= 0.6 is 15.9 Å². The fourth-order valence-electron chi connectivity index (χ4n) is 1.96. The van der Waals surface area contributed by atoms with Crippen molar-refractivity contribution < 1.29 is 4.79 Å². The standard InChI is InChI=1S/C14H19BrN6O/c1-5-21-11(9(4)19-20-21)7-17-14(22)12-10(15)6-16-13(18-12)8(2)3/h6,8H,5,7H2,1-4H3,(H,17,22). The molecule has 0 atom stereocenters. The molecule has 0 radical (unpaired) electrons. The zero-order valence-electron chi connectivity index (χ0n) is 13.1. The van der Waals surface area contributed by atoms with Gasteiger partial charge in [0.2, 0.25) is 0 Å². The van der Waals surface area contributed by atoms with E-state index >= 15 is 0 Å². The minimum Gasteiger partial charge on any atom is -0.345 e. The monoisotopic (exact) mass is 366 g/mol. The number of nitrogens with zero attached hydrogens (tertiary/aromatic N) is 5. The predicted molar refractivity (Wildman–Crippen MR) is 85.4 cm³/mol. The van der Waals surface area contributed by atoms with E-state index in [-0.39, 0.29) is 11.8 Å². The van der Waals surface area contributed by atoms with Gasteiger partial charge in [0.1, 0.15) is 11.5 Å². The number of carbonyl (C=O) groups is 1. The zero-order chi connectivity index (χ0) is 16.3. The maximum Gasteiger partial charge on any atom is 0.271 e. The molecular weight excluding hydrogens is 348 g/mol. The summed E-state index contributed by atoms with van der Waals surface area (Å²) in [4.78, 5) is 20.9. The largest absolute Gasteiger partial charge is 0.345 e. The fraction of sp³-hybridized carbons (Fsp3) is 0.500. The minimum absolute atomic E-state index is 0.160. The lowest BCUT2D eigenvalue weighted by atomic mass is 10.2. The van der Waals surface area contributed by atoms with Crippen LogP contribution in [0.5, 0.6) is 0 Å². The minimum atomic E-state index is -0.251. The molecular formula is C14H19BrN6O. The van der Waals surface area contributed by atoms with Crippen LogP contribution in [-0.2, 0) is 13.1 Å². The Balaban J connectivity index is 2.16. The Kier molecular flexibility index (Phi) is 5.23. The summed E-state index contributed by atoms with van der Waals surface area (Å²) in [6, 6.07) is 0. The van der Waals surface area contributed by atoms with Gasteiger partial charge in [-0.1, -0.05) is 19.1 Å². The van der Waals surface area contributed by atoms with Crippen molar-refractivity contribution in [3.05, 3.63) is 33.6 Å². The molecule has 22 heavy (non-hydrogen) atoms. The summed E-state index contributed by atoms with van der Waals surface area (Å²) in [5.74, 6) is 0.553. The molecule has 8 heteroatoms. The van der Waals surface area contributed by atoms with Crippen molar-refractivity contribution in [1.82, 2.24) is 30.3 Å². The van der Waals surface area contributed by atoms with E-state index in [1.54, 1.807) is 10.9 Å². The van der Waals surface area contributed by atoms with Gasteiger partial charge in [-0.3, -0.25) is 4.79 Å². The number of carbonyl (C=O) groups excluding carboxylic acids is 1. The molecule has 2 rings (SSSR count). The average Bonchev–Trinajstić information content (AvgIpc) is 2.85. The van der Waals surface area contributed by atoms with Crippen molar-refractivity contribution in [2.45, 2.75) is 46.7 Å². The van der Waals surface area contributed by atoms with Crippen LogP contribution in [0.15, 0.2) is 10.7 Å². The Morgan fingerprint density at radius 1 is 1.45 bits per heavy atom. The lowest BCUT2D eigenvalue weighted by molar-refractivity contribution is 0.0943. The number of amides is 1. The van der Waals surface area contributed by atoms with E-state index < -0.39 is 0 Å². The Bertz CT molecular complexity index is 682. The number of halogens is 1. The summed E-state index contributed by atoms with van der Waals surface area (Å²) in [5, 5.41) is 10.9. The van der Waals surface area contributed by atoms with Crippen molar-refractivity contribution in [2.75, 3.05) is 0 Å². The molecule has 2 aromatic rings. The second-order valence-electron chi connectivity index (χ2n) is 5.20. The second kappa shape index (κ2) is 6.95. The summed E-state index contributed by atoms with van der Waals surface area (Å²) in [6.07, 6.45) is 1.61. The molecule has 118 valence electrons. The van der Waals surface area contributed by atoms with Gasteiger partial charge in [-0.25, -0.2) is 14.6 Å². The third kappa shape index (κ3) is 3.49. The number of nitrogens with one attached hydrogen (secondary N) is 1. The topological polar surface area (TPSA) is 85.6 Å². The SMILES string of the molecule is CCn1nnc(C)c1CNC(=O)c1nc(C(C)C)ncc1Br. The molecule has 2 aromatic heterocycles. The fourth-order valence-corrected chi connectivity index (χ4v) is 2.33. The van der Waals surface area contributed by atoms with Gasteiger partial charge in [0, 0.05) is 18.7 Å². The smallest absolute Gasteiger partial charge is 0.271 e. The van der Waals surface area contributed by atoms with Crippen molar-refractivity contribution in [1.29, 1.82) is 0 Å². The van der Waals surface area contributed by atoms with Crippen molar-refractivity contribution in [3.63, 3.8) is 0 Å². The van der Waals surface area contributed by atoms with Crippen molar-refractivity contribution in [2.24, 2.45) is 0 Å². The van der Waals surface area contributed by atoms with Crippen LogP contribution in [0.1, 0.15) is 54.4 Å². The van der Waals surface area contributed by atoms with E-state index in [0.717, 1.165) is 11.4 Å². The predicted octanol–water partition coefficient (Wildman–Crippen LogP) is 2.21. The highest BCUT2D eigenvalue weighted by molar-refractivity contribution is 9.10. The highest BCUT2D eigenvalue weighted by Crippen LogP contribution is 2.17. The first-order valence-electron chi connectivity index (χ1n) is 7.13. The van der Waals surface area contributed by atoms with E-state index in [4.69, 9.17) is 0 Å². The average molecular weight is 367 g/mol. The zero-order valence-corrected chi connectivity index (χ0v) is 14.7. The van der Waals surface area contributed by atoms with Gasteiger partial charge in [-0.05, 0) is 29.8 Å². The maximum absolute atomic E-state index is 12.4. The lowest BCUT2D eigenvalue weighted by Crippen LogP contribution is -2.26. The highest BCUT2D eigenvalue weighted by Gasteiger charge is 2.16. The normalized spacial score (nSPS) is 11.0. The molecule has 0 fully saturated rings. The second-order valence-corrected chi connectivity index (χ2v) is 6.05. The molecule has 1 amide bonds. The first-order valence-corrected chi connectivity index (χ1v) is 7.92. The van der Waals surface area contributed by atoms with E-state index in [1.165, 1.54) is 0 Å². The molecule has 0 aliphatic rings. The van der Waals surface area contributed by atoms with Gasteiger partial charge in [-0.2, -0.15) is 0 Å². The quantitative estimate of drug-likeness (QED) is 0.876. The molecule has 0 aliphatic heterocycles. The first kappa shape index (κ1) is 16.5. The summed E-state index contributed by atoms with van der Waals surface area (Å²) in [5.41, 5.74) is 2.05. The number of aryl methyl sites for hydroxylation is 2. The van der Waals surface area contributed by atoms with Crippen molar-refractivity contribution >= 4 is 21.8 Å². The Morgan fingerprint density at radius 3 is 2.82 bits per heavy atom. The van der Waals surface area contributed by atoms with Crippen LogP contribution in [0.4, 0.5) is 0 Å². The number of rotatable bonds is 5. The van der Waals surface area contributed by atoms with Gasteiger partial charge >= 0.3 is 0 Å². The van der Waals surface area contributed by atoms with Crippen LogP contribution in [0.2, 0.25) is 0 Å². The van der Waals surface area contributed by atoms with E-state index in [9.17, 15) is 4.79 Å². The lowest BCUT2D eigenvalue weighted by Gasteiger charge is -2.10. The van der Waals surface area contributed by atoms with E-state index in [2.05, 4.69) is 41.5 Å². The van der Waals surface area contributed by atoms with Crippen LogP contribution in [0.3, 0.4) is 0 Å². The summed E-state index contributed by atoms with van der Waals surface area (Å²) < 4.78 is 2.35. The molecule has 0 spiro atoms. The van der Waals surface area contributed by atoms with E-state index in [1.807, 2.05) is 27.7 Å². The number of aromatic nitrogens is 5. The molecule has 7 nitrogen and oxygen atoms in total. The third-order valence-corrected chi connectivity index (χ3v) is 3.82. The van der Waals surface area contributed by atoms with E-state index in [0.29, 0.717) is 29.1 Å². The van der Waals surface area contributed by atoms with Gasteiger partial charge in [0.05, 0.1) is 22.4 Å². The Labute approximate surface area is 137 Å². The van der Waals surface area contributed by atoms with Crippen molar-refractivity contribution in [3.8, 4) is 0 Å². The van der Waals surface area contributed by atoms with Crippen LogP contribution in [0, 0.1) is 6.92 Å².